The summed E-state index contributed by atoms with van der Waals surface area (Å²) in [6.07, 6.45) is 9.65. The van der Waals surface area contributed by atoms with Crippen molar-refractivity contribution in [3.63, 3.8) is 0 Å². The first-order chi connectivity index (χ1) is 17.7. The number of anilines is 2. The number of carbonyl (C=O) groups excluding carboxylic acids is 1. The van der Waals surface area contributed by atoms with E-state index in [4.69, 9.17) is 9.47 Å². The quantitative estimate of drug-likeness (QED) is 0.294. The van der Waals surface area contributed by atoms with E-state index < -0.39 is 0 Å². The number of benzene rings is 3. The van der Waals surface area contributed by atoms with Gasteiger partial charge in [-0.25, -0.2) is 0 Å². The smallest absolute Gasteiger partial charge is 0.262 e. The summed E-state index contributed by atoms with van der Waals surface area (Å²) in [5, 5.41) is 6.49. The zero-order chi connectivity index (χ0) is 24.7. The Hall–Kier alpha value is -3.73. The lowest BCUT2D eigenvalue weighted by Crippen LogP contribution is -2.25. The molecule has 2 aliphatic rings. The average Bonchev–Trinajstić information content (AvgIpc) is 2.92. The van der Waals surface area contributed by atoms with Crippen LogP contribution in [0.3, 0.4) is 0 Å². The molecule has 1 atom stereocenters. The highest BCUT2D eigenvalue weighted by Crippen LogP contribution is 2.44. The van der Waals surface area contributed by atoms with Crippen LogP contribution < -0.4 is 20.1 Å². The van der Waals surface area contributed by atoms with Gasteiger partial charge in [0.05, 0.1) is 5.69 Å². The van der Waals surface area contributed by atoms with Gasteiger partial charge in [-0.1, -0.05) is 75.4 Å². The molecule has 36 heavy (non-hydrogen) atoms. The highest BCUT2D eigenvalue weighted by molar-refractivity contribution is 5.97. The lowest BCUT2D eigenvalue weighted by Gasteiger charge is -2.29. The fraction of sp³-hybridized carbons (Fsp3) is 0.323. The van der Waals surface area contributed by atoms with E-state index in [1.807, 2.05) is 36.4 Å². The molecule has 5 nitrogen and oxygen atoms in total. The molecular weight excluding hydrogens is 448 g/mol. The number of hydrogen-bond donors (Lipinski definition) is 2. The van der Waals surface area contributed by atoms with Crippen molar-refractivity contribution in [2.75, 3.05) is 23.8 Å². The van der Waals surface area contributed by atoms with E-state index in [1.54, 1.807) is 0 Å². The normalized spacial score (nSPS) is 16.1. The highest BCUT2D eigenvalue weighted by atomic mass is 16.5. The Morgan fingerprint density at radius 2 is 1.75 bits per heavy atom. The topological polar surface area (TPSA) is 59.6 Å². The van der Waals surface area contributed by atoms with Gasteiger partial charge in [0, 0.05) is 29.4 Å². The van der Waals surface area contributed by atoms with E-state index in [1.165, 1.54) is 38.5 Å². The van der Waals surface area contributed by atoms with Gasteiger partial charge >= 0.3 is 0 Å². The zero-order valence-corrected chi connectivity index (χ0v) is 20.9. The highest BCUT2D eigenvalue weighted by Gasteiger charge is 2.27. The van der Waals surface area contributed by atoms with Crippen LogP contribution in [0.4, 0.5) is 11.4 Å². The van der Waals surface area contributed by atoms with Crippen molar-refractivity contribution in [2.24, 2.45) is 0 Å². The minimum absolute atomic E-state index is 0.0490. The molecule has 0 radical (unpaired) electrons. The van der Waals surface area contributed by atoms with E-state index in [2.05, 4.69) is 54.0 Å². The average molecular weight is 483 g/mol. The predicted octanol–water partition coefficient (Wildman–Crippen LogP) is 7.46. The van der Waals surface area contributed by atoms with E-state index in [0.717, 1.165) is 40.2 Å². The lowest BCUT2D eigenvalue weighted by atomic mass is 9.90. The maximum absolute atomic E-state index is 11.9. The van der Waals surface area contributed by atoms with Gasteiger partial charge in [0.1, 0.15) is 17.6 Å². The molecule has 0 spiro atoms. The van der Waals surface area contributed by atoms with Gasteiger partial charge in [0.25, 0.3) is 5.91 Å². The summed E-state index contributed by atoms with van der Waals surface area (Å²) in [5.74, 6) is 1.42. The monoisotopic (exact) mass is 482 g/mol. The van der Waals surface area contributed by atoms with Crippen LogP contribution in [0.1, 0.15) is 68.2 Å². The van der Waals surface area contributed by atoms with Gasteiger partial charge in [0.2, 0.25) is 0 Å². The molecule has 0 bridgehead atoms. The van der Waals surface area contributed by atoms with Gasteiger partial charge in [-0.2, -0.15) is 0 Å². The lowest BCUT2D eigenvalue weighted by molar-refractivity contribution is -0.118. The minimum Gasteiger partial charge on any atom is -0.482 e. The molecule has 2 N–H and O–H groups in total. The van der Waals surface area contributed by atoms with Crippen LogP contribution in [0.5, 0.6) is 11.5 Å². The second-order valence-electron chi connectivity index (χ2n) is 9.50. The molecule has 186 valence electrons. The van der Waals surface area contributed by atoms with E-state index in [0.29, 0.717) is 11.4 Å². The minimum atomic E-state index is -0.259. The van der Waals surface area contributed by atoms with Crippen molar-refractivity contribution in [1.82, 2.24) is 0 Å². The van der Waals surface area contributed by atoms with Gasteiger partial charge in [0.15, 0.2) is 6.61 Å². The Balaban J connectivity index is 1.38. The largest absolute Gasteiger partial charge is 0.482 e. The maximum Gasteiger partial charge on any atom is 0.262 e. The van der Waals surface area contributed by atoms with Gasteiger partial charge in [-0.05, 0) is 47.9 Å². The van der Waals surface area contributed by atoms with Crippen molar-refractivity contribution < 1.29 is 14.3 Å². The van der Waals surface area contributed by atoms with Crippen LogP contribution in [0.2, 0.25) is 0 Å². The van der Waals surface area contributed by atoms with Crippen molar-refractivity contribution in [2.45, 2.75) is 51.6 Å². The summed E-state index contributed by atoms with van der Waals surface area (Å²) < 4.78 is 12.2. The van der Waals surface area contributed by atoms with Crippen LogP contribution in [0.25, 0.3) is 11.6 Å². The molecule has 1 unspecified atom stereocenters. The third-order valence-electron chi connectivity index (χ3n) is 6.76. The number of nitrogens with one attached hydrogen (secondary N) is 2. The van der Waals surface area contributed by atoms with Crippen molar-refractivity contribution >= 4 is 28.9 Å². The second kappa shape index (κ2) is 11.3. The molecule has 5 heteroatoms. The standard InChI is InChI=1S/C31H34N2O3/c1-2-3-4-5-6-10-17-32-25-15-13-24-18-26(23-14-16-28-27(19-23)33-30(34)21-35-28)31(36-29(24)20-25)22-11-8-7-9-12-22/h7-9,11-16,18-20,31-32H,2-6,10,17,21H2,1H3,(H,33,34). The number of hydrogen-bond acceptors (Lipinski definition) is 4. The summed E-state index contributed by atoms with van der Waals surface area (Å²) in [4.78, 5) is 11.9. The SMILES string of the molecule is CCCCCCCCNc1ccc2c(c1)OC(c1ccccc1)C(c1ccc3c(c1)NC(=O)CO3)=C2. The van der Waals surface area contributed by atoms with Crippen LogP contribution in [0.15, 0.2) is 66.7 Å². The summed E-state index contributed by atoms with van der Waals surface area (Å²) in [6, 6.07) is 22.5. The first-order valence-electron chi connectivity index (χ1n) is 13.1. The summed E-state index contributed by atoms with van der Waals surface area (Å²) in [6.45, 7) is 3.27. The molecule has 5 rings (SSSR count). The summed E-state index contributed by atoms with van der Waals surface area (Å²) in [5.41, 5.74) is 5.93. The fourth-order valence-electron chi connectivity index (χ4n) is 4.81. The van der Waals surface area contributed by atoms with Crippen molar-refractivity contribution in [1.29, 1.82) is 0 Å². The van der Waals surface area contributed by atoms with Crippen LogP contribution in [-0.4, -0.2) is 19.1 Å². The molecule has 3 aromatic rings. The van der Waals surface area contributed by atoms with E-state index in [9.17, 15) is 4.79 Å². The number of amides is 1. The van der Waals surface area contributed by atoms with E-state index in [-0.39, 0.29) is 18.6 Å². The van der Waals surface area contributed by atoms with Gasteiger partial charge < -0.3 is 20.1 Å². The van der Waals surface area contributed by atoms with Crippen LogP contribution in [0, 0.1) is 0 Å². The van der Waals surface area contributed by atoms with Crippen LogP contribution in [-0.2, 0) is 4.79 Å². The number of fused-ring (bicyclic) bond motifs is 2. The molecule has 0 aromatic heterocycles. The Bertz CT molecular complexity index is 1240. The third-order valence-corrected chi connectivity index (χ3v) is 6.76. The zero-order valence-electron chi connectivity index (χ0n) is 20.9. The van der Waals surface area contributed by atoms with E-state index >= 15 is 0 Å². The number of carbonyl (C=O) groups is 1. The molecule has 0 saturated heterocycles. The number of ether oxygens (including phenoxy) is 2. The second-order valence-corrected chi connectivity index (χ2v) is 9.50. The Kier molecular flexibility index (Phi) is 7.55. The Labute approximate surface area is 213 Å². The molecule has 3 aromatic carbocycles. The Morgan fingerprint density at radius 1 is 0.917 bits per heavy atom. The van der Waals surface area contributed by atoms with Gasteiger partial charge in [-0.15, -0.1) is 0 Å². The fourth-order valence-corrected chi connectivity index (χ4v) is 4.81. The predicted molar refractivity (Wildman–Crippen MR) is 147 cm³/mol. The molecule has 2 aliphatic heterocycles. The molecule has 0 fully saturated rings. The summed E-state index contributed by atoms with van der Waals surface area (Å²) >= 11 is 0. The molecule has 1 amide bonds. The number of rotatable bonds is 10. The first-order valence-corrected chi connectivity index (χ1v) is 13.1. The first kappa shape index (κ1) is 24.0. The summed E-state index contributed by atoms with van der Waals surface area (Å²) in [7, 11) is 0. The molecule has 2 heterocycles. The maximum atomic E-state index is 11.9. The van der Waals surface area contributed by atoms with Gasteiger partial charge in [-0.3, -0.25) is 4.79 Å². The molecule has 0 aliphatic carbocycles. The van der Waals surface area contributed by atoms with Crippen molar-refractivity contribution in [3.8, 4) is 11.5 Å². The molecule has 0 saturated carbocycles. The number of unbranched alkanes of at least 4 members (excludes halogenated alkanes) is 5. The van der Waals surface area contributed by atoms with Crippen molar-refractivity contribution in [3.05, 3.63) is 83.4 Å². The Morgan fingerprint density at radius 3 is 2.61 bits per heavy atom. The molecular formula is C31H34N2O3. The van der Waals surface area contributed by atoms with Crippen LogP contribution >= 0.6 is 0 Å². The third kappa shape index (κ3) is 5.56.